The van der Waals surface area contributed by atoms with Crippen molar-refractivity contribution in [1.29, 1.82) is 0 Å². The molecule has 1 fully saturated rings. The summed E-state index contributed by atoms with van der Waals surface area (Å²) in [5.41, 5.74) is 2.74. The van der Waals surface area contributed by atoms with Crippen LogP contribution in [0.5, 0.6) is 0 Å². The zero-order valence-corrected chi connectivity index (χ0v) is 9.78. The minimum absolute atomic E-state index is 0.441. The molecule has 1 aromatic carbocycles. The van der Waals surface area contributed by atoms with Crippen molar-refractivity contribution in [1.82, 2.24) is 5.32 Å². The van der Waals surface area contributed by atoms with Crippen LogP contribution in [-0.2, 0) is 12.8 Å². The van der Waals surface area contributed by atoms with E-state index in [0.29, 0.717) is 17.6 Å². The maximum Gasteiger partial charge on any atom is 0.335 e. The van der Waals surface area contributed by atoms with Gasteiger partial charge in [-0.05, 0) is 42.9 Å². The number of hydrogen-bond donors (Lipinski definition) is 2. The van der Waals surface area contributed by atoms with E-state index >= 15 is 0 Å². The van der Waals surface area contributed by atoms with Gasteiger partial charge in [-0.25, -0.2) is 4.79 Å². The van der Waals surface area contributed by atoms with Crippen molar-refractivity contribution < 1.29 is 9.90 Å². The zero-order chi connectivity index (χ0) is 11.8. The molecule has 1 unspecified atom stereocenters. The first-order valence-electron chi connectivity index (χ1n) is 6.34. The Hall–Kier alpha value is -1.35. The van der Waals surface area contributed by atoms with Gasteiger partial charge in [0, 0.05) is 12.1 Å². The number of carbonyl (C=O) groups is 1. The number of aromatic carboxylic acids is 1. The Labute approximate surface area is 101 Å². The molecule has 2 aliphatic rings. The molecule has 0 aliphatic heterocycles. The van der Waals surface area contributed by atoms with Crippen LogP contribution in [0.1, 0.15) is 40.7 Å². The second-order valence-corrected chi connectivity index (χ2v) is 5.15. The van der Waals surface area contributed by atoms with E-state index in [1.807, 2.05) is 6.07 Å². The van der Waals surface area contributed by atoms with Gasteiger partial charge in [0.25, 0.3) is 0 Å². The summed E-state index contributed by atoms with van der Waals surface area (Å²) in [7, 11) is 0. The summed E-state index contributed by atoms with van der Waals surface area (Å²) in [6.07, 6.45) is 5.73. The smallest absolute Gasteiger partial charge is 0.335 e. The Morgan fingerprint density at radius 3 is 2.71 bits per heavy atom. The highest BCUT2D eigenvalue weighted by Crippen LogP contribution is 2.28. The van der Waals surface area contributed by atoms with Crippen LogP contribution in [0.4, 0.5) is 0 Å². The molecular formula is C14H17NO2. The summed E-state index contributed by atoms with van der Waals surface area (Å²) in [5.74, 6) is -0.800. The molecule has 3 nitrogen and oxygen atoms in total. The molecule has 90 valence electrons. The quantitative estimate of drug-likeness (QED) is 0.836. The fraction of sp³-hybridized carbons (Fsp3) is 0.500. The Balaban J connectivity index is 1.77. The monoisotopic (exact) mass is 231 g/mol. The molecule has 0 heterocycles. The van der Waals surface area contributed by atoms with Gasteiger partial charge in [0.05, 0.1) is 5.56 Å². The number of hydrogen-bond acceptors (Lipinski definition) is 2. The van der Waals surface area contributed by atoms with Crippen LogP contribution in [0.15, 0.2) is 18.2 Å². The van der Waals surface area contributed by atoms with Gasteiger partial charge in [-0.3, -0.25) is 0 Å². The van der Waals surface area contributed by atoms with Crippen molar-refractivity contribution in [3.05, 3.63) is 34.9 Å². The zero-order valence-electron chi connectivity index (χ0n) is 9.78. The molecule has 0 saturated heterocycles. The van der Waals surface area contributed by atoms with Gasteiger partial charge in [0.2, 0.25) is 0 Å². The Kier molecular flexibility index (Phi) is 2.63. The third-order valence-corrected chi connectivity index (χ3v) is 4.00. The van der Waals surface area contributed by atoms with Crippen LogP contribution >= 0.6 is 0 Å². The van der Waals surface area contributed by atoms with Crippen molar-refractivity contribution in [3.8, 4) is 0 Å². The van der Waals surface area contributed by atoms with Gasteiger partial charge >= 0.3 is 5.97 Å². The molecule has 17 heavy (non-hydrogen) atoms. The standard InChI is InChI=1S/C14H17NO2/c16-14(17)12-6-1-3-9-7-11(8-13(9)12)15-10-4-2-5-10/h1,3,6,10-11,15H,2,4-5,7-8H2,(H,16,17). The lowest BCUT2D eigenvalue weighted by Gasteiger charge is -2.29. The normalized spacial score (nSPS) is 23.2. The van der Waals surface area contributed by atoms with E-state index in [0.717, 1.165) is 18.4 Å². The molecule has 0 radical (unpaired) electrons. The van der Waals surface area contributed by atoms with Crippen LogP contribution < -0.4 is 5.32 Å². The molecule has 0 spiro atoms. The predicted octanol–water partition coefficient (Wildman–Crippen LogP) is 1.99. The van der Waals surface area contributed by atoms with Crippen molar-refractivity contribution in [2.24, 2.45) is 0 Å². The second kappa shape index (κ2) is 4.15. The maximum atomic E-state index is 11.1. The van der Waals surface area contributed by atoms with Crippen LogP contribution in [0, 0.1) is 0 Å². The summed E-state index contributed by atoms with van der Waals surface area (Å²) >= 11 is 0. The Morgan fingerprint density at radius 2 is 2.06 bits per heavy atom. The number of benzene rings is 1. The lowest BCUT2D eigenvalue weighted by Crippen LogP contribution is -2.42. The third-order valence-electron chi connectivity index (χ3n) is 4.00. The van der Waals surface area contributed by atoms with Crippen LogP contribution in [-0.4, -0.2) is 23.2 Å². The topological polar surface area (TPSA) is 49.3 Å². The van der Waals surface area contributed by atoms with Crippen molar-refractivity contribution in [2.45, 2.75) is 44.2 Å². The highest BCUT2D eigenvalue weighted by Gasteiger charge is 2.28. The number of carboxylic acids is 1. The minimum Gasteiger partial charge on any atom is -0.478 e. The SMILES string of the molecule is O=C(O)c1cccc2c1CC(NC1CCC1)C2. The van der Waals surface area contributed by atoms with Crippen molar-refractivity contribution >= 4 is 5.97 Å². The van der Waals surface area contributed by atoms with Crippen LogP contribution in [0.2, 0.25) is 0 Å². The largest absolute Gasteiger partial charge is 0.478 e. The number of fused-ring (bicyclic) bond motifs is 1. The molecule has 3 heteroatoms. The van der Waals surface area contributed by atoms with Gasteiger partial charge in [-0.2, -0.15) is 0 Å². The van der Waals surface area contributed by atoms with Gasteiger partial charge in [0.1, 0.15) is 0 Å². The van der Waals surface area contributed by atoms with E-state index in [2.05, 4.69) is 11.4 Å². The van der Waals surface area contributed by atoms with Crippen LogP contribution in [0.3, 0.4) is 0 Å². The second-order valence-electron chi connectivity index (χ2n) is 5.15. The maximum absolute atomic E-state index is 11.1. The Morgan fingerprint density at radius 1 is 1.24 bits per heavy atom. The van der Waals surface area contributed by atoms with Gasteiger partial charge < -0.3 is 10.4 Å². The first-order chi connectivity index (χ1) is 8.24. The van der Waals surface area contributed by atoms with Gasteiger partial charge in [-0.1, -0.05) is 18.6 Å². The molecule has 3 rings (SSSR count). The minimum atomic E-state index is -0.800. The van der Waals surface area contributed by atoms with Crippen molar-refractivity contribution in [2.75, 3.05) is 0 Å². The molecule has 1 saturated carbocycles. The van der Waals surface area contributed by atoms with E-state index in [1.165, 1.54) is 24.8 Å². The molecule has 2 aliphatic carbocycles. The molecule has 0 aromatic heterocycles. The van der Waals surface area contributed by atoms with Gasteiger partial charge in [-0.15, -0.1) is 0 Å². The number of nitrogens with one attached hydrogen (secondary N) is 1. The average molecular weight is 231 g/mol. The van der Waals surface area contributed by atoms with E-state index in [1.54, 1.807) is 6.07 Å². The van der Waals surface area contributed by atoms with E-state index < -0.39 is 5.97 Å². The Bertz CT molecular complexity index is 452. The first kappa shape index (κ1) is 10.8. The predicted molar refractivity (Wildman–Crippen MR) is 65.4 cm³/mol. The molecule has 0 amide bonds. The fourth-order valence-electron chi connectivity index (χ4n) is 2.88. The summed E-state index contributed by atoms with van der Waals surface area (Å²) in [6.45, 7) is 0. The molecule has 0 bridgehead atoms. The van der Waals surface area contributed by atoms with Crippen LogP contribution in [0.25, 0.3) is 0 Å². The van der Waals surface area contributed by atoms with Gasteiger partial charge in [0.15, 0.2) is 0 Å². The molecule has 2 N–H and O–H groups in total. The summed E-state index contributed by atoms with van der Waals surface area (Å²) in [6, 6.07) is 6.74. The highest BCUT2D eigenvalue weighted by molar-refractivity contribution is 5.90. The fourth-order valence-corrected chi connectivity index (χ4v) is 2.88. The summed E-state index contributed by atoms with van der Waals surface area (Å²) in [5, 5.41) is 12.8. The summed E-state index contributed by atoms with van der Waals surface area (Å²) < 4.78 is 0. The summed E-state index contributed by atoms with van der Waals surface area (Å²) in [4.78, 5) is 11.1. The highest BCUT2D eigenvalue weighted by atomic mass is 16.4. The van der Waals surface area contributed by atoms with E-state index in [-0.39, 0.29) is 0 Å². The lowest BCUT2D eigenvalue weighted by molar-refractivity contribution is 0.0695. The molecule has 1 aromatic rings. The van der Waals surface area contributed by atoms with Crippen molar-refractivity contribution in [3.63, 3.8) is 0 Å². The average Bonchev–Trinajstić information content (AvgIpc) is 2.65. The molecule has 1 atom stereocenters. The first-order valence-corrected chi connectivity index (χ1v) is 6.34. The number of rotatable bonds is 3. The van der Waals surface area contributed by atoms with E-state index in [4.69, 9.17) is 5.11 Å². The molecular weight excluding hydrogens is 214 g/mol. The number of carboxylic acid groups (broad SMARTS) is 1. The third kappa shape index (κ3) is 1.95. The van der Waals surface area contributed by atoms with E-state index in [9.17, 15) is 4.79 Å². The lowest BCUT2D eigenvalue weighted by atomic mass is 9.92.